The van der Waals surface area contributed by atoms with Crippen LogP contribution < -0.4 is 10.2 Å². The minimum absolute atomic E-state index is 0.672. The van der Waals surface area contributed by atoms with Crippen molar-refractivity contribution >= 4 is 16.5 Å². The first kappa shape index (κ1) is 14.8. The zero-order chi connectivity index (χ0) is 13.8. The van der Waals surface area contributed by atoms with Crippen molar-refractivity contribution in [2.24, 2.45) is 0 Å². The van der Waals surface area contributed by atoms with Gasteiger partial charge in [-0.15, -0.1) is 11.3 Å². The number of aryl methyl sites for hydroxylation is 1. The second-order valence-corrected chi connectivity index (χ2v) is 6.60. The number of hydrogen-bond acceptors (Lipinski definition) is 5. The van der Waals surface area contributed by atoms with Crippen molar-refractivity contribution in [2.75, 3.05) is 38.6 Å². The molecule has 0 aliphatic carbocycles. The smallest absolute Gasteiger partial charge is 0.185 e. The van der Waals surface area contributed by atoms with Gasteiger partial charge >= 0.3 is 0 Å². The summed E-state index contributed by atoms with van der Waals surface area (Å²) in [5, 5.41) is 4.67. The molecule has 1 aliphatic rings. The van der Waals surface area contributed by atoms with Crippen LogP contribution in [0.2, 0.25) is 0 Å². The Hall–Kier alpha value is -0.650. The topological polar surface area (TPSA) is 31.4 Å². The monoisotopic (exact) mass is 282 g/mol. The first-order chi connectivity index (χ1) is 9.11. The van der Waals surface area contributed by atoms with Crippen LogP contribution in [0.5, 0.6) is 0 Å². The van der Waals surface area contributed by atoms with Crippen LogP contribution in [-0.4, -0.2) is 49.7 Å². The lowest BCUT2D eigenvalue weighted by molar-refractivity contribution is 0.315. The van der Waals surface area contributed by atoms with E-state index in [9.17, 15) is 0 Å². The van der Waals surface area contributed by atoms with Gasteiger partial charge in [0.25, 0.3) is 0 Å². The quantitative estimate of drug-likeness (QED) is 0.810. The van der Waals surface area contributed by atoms with Crippen LogP contribution in [0.4, 0.5) is 5.13 Å². The SMILES string of the molecule is CCCNCc1sc(N2CCC(N(C)C)C2)nc1C. The molecule has 0 amide bonds. The summed E-state index contributed by atoms with van der Waals surface area (Å²) >= 11 is 1.85. The van der Waals surface area contributed by atoms with Crippen LogP contribution in [0.25, 0.3) is 0 Å². The van der Waals surface area contributed by atoms with Gasteiger partial charge in [-0.3, -0.25) is 0 Å². The Labute approximate surface area is 120 Å². The molecule has 4 nitrogen and oxygen atoms in total. The van der Waals surface area contributed by atoms with E-state index in [1.807, 2.05) is 11.3 Å². The highest BCUT2D eigenvalue weighted by atomic mass is 32.1. The second-order valence-electron chi connectivity index (χ2n) is 5.53. The molecule has 19 heavy (non-hydrogen) atoms. The molecule has 1 atom stereocenters. The van der Waals surface area contributed by atoms with E-state index in [1.165, 1.54) is 28.5 Å². The Balaban J connectivity index is 1.96. The van der Waals surface area contributed by atoms with Gasteiger partial charge in [-0.2, -0.15) is 0 Å². The maximum absolute atomic E-state index is 4.75. The Kier molecular flexibility index (Phi) is 5.19. The molecule has 0 saturated carbocycles. The maximum atomic E-state index is 4.75. The zero-order valence-corrected chi connectivity index (χ0v) is 13.4. The van der Waals surface area contributed by atoms with Crippen molar-refractivity contribution in [3.05, 3.63) is 10.6 Å². The van der Waals surface area contributed by atoms with E-state index in [0.29, 0.717) is 6.04 Å². The fourth-order valence-electron chi connectivity index (χ4n) is 2.43. The summed E-state index contributed by atoms with van der Waals surface area (Å²) < 4.78 is 0. The lowest BCUT2D eigenvalue weighted by Gasteiger charge is -2.19. The van der Waals surface area contributed by atoms with Crippen molar-refractivity contribution in [3.63, 3.8) is 0 Å². The third-order valence-electron chi connectivity index (χ3n) is 3.76. The van der Waals surface area contributed by atoms with Crippen LogP contribution >= 0.6 is 11.3 Å². The molecule has 1 aliphatic heterocycles. The molecule has 0 bridgehead atoms. The molecule has 1 aromatic rings. The summed E-state index contributed by atoms with van der Waals surface area (Å²) in [4.78, 5) is 10.9. The zero-order valence-electron chi connectivity index (χ0n) is 12.6. The minimum atomic E-state index is 0.672. The molecular weight excluding hydrogens is 256 g/mol. The predicted molar refractivity (Wildman–Crippen MR) is 83.2 cm³/mol. The van der Waals surface area contributed by atoms with Gasteiger partial charge < -0.3 is 15.1 Å². The number of nitrogens with zero attached hydrogens (tertiary/aromatic N) is 3. The van der Waals surface area contributed by atoms with Crippen molar-refractivity contribution < 1.29 is 0 Å². The van der Waals surface area contributed by atoms with E-state index in [2.05, 4.69) is 43.1 Å². The third kappa shape index (κ3) is 3.68. The minimum Gasteiger partial charge on any atom is -0.346 e. The number of hydrogen-bond donors (Lipinski definition) is 1. The Morgan fingerprint density at radius 1 is 1.47 bits per heavy atom. The maximum Gasteiger partial charge on any atom is 0.185 e. The average Bonchev–Trinajstić information content (AvgIpc) is 2.97. The van der Waals surface area contributed by atoms with E-state index in [4.69, 9.17) is 4.98 Å². The van der Waals surface area contributed by atoms with Gasteiger partial charge in [0.1, 0.15) is 0 Å². The largest absolute Gasteiger partial charge is 0.346 e. The molecule has 1 saturated heterocycles. The summed E-state index contributed by atoms with van der Waals surface area (Å²) in [6.07, 6.45) is 2.43. The first-order valence-corrected chi connectivity index (χ1v) is 8.01. The van der Waals surface area contributed by atoms with Gasteiger partial charge in [-0.05, 0) is 40.4 Å². The van der Waals surface area contributed by atoms with Crippen LogP contribution in [0, 0.1) is 6.92 Å². The number of nitrogens with one attached hydrogen (secondary N) is 1. The fraction of sp³-hybridized carbons (Fsp3) is 0.786. The summed E-state index contributed by atoms with van der Waals surface area (Å²) in [5.74, 6) is 0. The predicted octanol–water partition coefficient (Wildman–Crippen LogP) is 2.09. The molecule has 1 fully saturated rings. The van der Waals surface area contributed by atoms with Crippen LogP contribution in [-0.2, 0) is 6.54 Å². The summed E-state index contributed by atoms with van der Waals surface area (Å²) in [5.41, 5.74) is 1.19. The molecule has 0 spiro atoms. The van der Waals surface area contributed by atoms with E-state index >= 15 is 0 Å². The van der Waals surface area contributed by atoms with Crippen LogP contribution in [0.15, 0.2) is 0 Å². The van der Waals surface area contributed by atoms with Gasteiger partial charge in [-0.25, -0.2) is 4.98 Å². The van der Waals surface area contributed by atoms with E-state index in [-0.39, 0.29) is 0 Å². The van der Waals surface area contributed by atoms with E-state index < -0.39 is 0 Å². The number of aromatic nitrogens is 1. The number of thiazole rings is 1. The van der Waals surface area contributed by atoms with Crippen LogP contribution in [0.3, 0.4) is 0 Å². The van der Waals surface area contributed by atoms with Crippen molar-refractivity contribution in [1.29, 1.82) is 0 Å². The van der Waals surface area contributed by atoms with Gasteiger partial charge in [-0.1, -0.05) is 6.92 Å². The summed E-state index contributed by atoms with van der Waals surface area (Å²) in [7, 11) is 4.34. The summed E-state index contributed by atoms with van der Waals surface area (Å²) in [6, 6.07) is 0.672. The van der Waals surface area contributed by atoms with E-state index in [1.54, 1.807) is 0 Å². The normalized spacial score (nSPS) is 19.6. The molecule has 1 N–H and O–H groups in total. The highest BCUT2D eigenvalue weighted by Gasteiger charge is 2.26. The first-order valence-electron chi connectivity index (χ1n) is 7.20. The summed E-state index contributed by atoms with van der Waals surface area (Å²) in [6.45, 7) is 8.62. The lowest BCUT2D eigenvalue weighted by Crippen LogP contribution is -2.31. The highest BCUT2D eigenvalue weighted by molar-refractivity contribution is 7.15. The van der Waals surface area contributed by atoms with Gasteiger partial charge in [0.15, 0.2) is 5.13 Å². The average molecular weight is 282 g/mol. The highest BCUT2D eigenvalue weighted by Crippen LogP contribution is 2.29. The Morgan fingerprint density at radius 2 is 2.26 bits per heavy atom. The molecular formula is C14H26N4S. The number of rotatable bonds is 6. The molecule has 0 radical (unpaired) electrons. The van der Waals surface area contributed by atoms with Gasteiger partial charge in [0.05, 0.1) is 5.69 Å². The standard InChI is InChI=1S/C14H26N4S/c1-5-7-15-9-13-11(2)16-14(19-13)18-8-6-12(10-18)17(3)4/h12,15H,5-10H2,1-4H3. The molecule has 108 valence electrons. The number of anilines is 1. The molecule has 2 rings (SSSR count). The van der Waals surface area contributed by atoms with Crippen molar-refractivity contribution in [1.82, 2.24) is 15.2 Å². The second kappa shape index (κ2) is 6.68. The third-order valence-corrected chi connectivity index (χ3v) is 4.98. The number of likely N-dealkylation sites (N-methyl/N-ethyl adjacent to an activating group) is 1. The van der Waals surface area contributed by atoms with E-state index in [0.717, 1.165) is 26.2 Å². The van der Waals surface area contributed by atoms with Crippen LogP contribution in [0.1, 0.15) is 30.3 Å². The van der Waals surface area contributed by atoms with Gasteiger partial charge in [0.2, 0.25) is 0 Å². The molecule has 2 heterocycles. The van der Waals surface area contributed by atoms with Crippen molar-refractivity contribution in [2.45, 2.75) is 39.3 Å². The Morgan fingerprint density at radius 3 is 2.89 bits per heavy atom. The lowest BCUT2D eigenvalue weighted by atomic mass is 10.2. The fourth-order valence-corrected chi connectivity index (χ4v) is 3.49. The molecule has 0 aromatic carbocycles. The molecule has 1 aromatic heterocycles. The molecule has 5 heteroatoms. The van der Waals surface area contributed by atoms with Gasteiger partial charge in [0, 0.05) is 30.6 Å². The molecule has 1 unspecified atom stereocenters. The van der Waals surface area contributed by atoms with Crippen molar-refractivity contribution in [3.8, 4) is 0 Å². The Bertz CT molecular complexity index is 402.